The van der Waals surface area contributed by atoms with Crippen LogP contribution >= 0.6 is 0 Å². The number of hydrogen-bond acceptors (Lipinski definition) is 3. The van der Waals surface area contributed by atoms with Crippen molar-refractivity contribution in [3.05, 3.63) is 34.9 Å². The molecule has 1 aromatic carbocycles. The Bertz CT molecular complexity index is 500. The van der Waals surface area contributed by atoms with E-state index < -0.39 is 12.1 Å². The minimum atomic E-state index is -0.497. The van der Waals surface area contributed by atoms with Gasteiger partial charge >= 0.3 is 6.03 Å². The molecule has 20 heavy (non-hydrogen) atoms. The normalized spacial score (nSPS) is 13.4. The molecule has 0 aliphatic rings. The maximum absolute atomic E-state index is 11.8. The van der Waals surface area contributed by atoms with E-state index in [9.17, 15) is 9.59 Å². The van der Waals surface area contributed by atoms with Gasteiger partial charge in [-0.15, -0.1) is 0 Å². The molecule has 3 N–H and O–H groups in total. The quantitative estimate of drug-likeness (QED) is 0.786. The number of carbonyl (C=O) groups excluding carboxylic acids is 2. The zero-order valence-corrected chi connectivity index (χ0v) is 12.7. The number of carbonyl (C=O) groups is 2. The Labute approximate surface area is 120 Å². The summed E-state index contributed by atoms with van der Waals surface area (Å²) in [4.78, 5) is 22.9. The van der Waals surface area contributed by atoms with Gasteiger partial charge in [0, 0.05) is 13.1 Å². The van der Waals surface area contributed by atoms with Crippen LogP contribution in [0.2, 0.25) is 0 Å². The van der Waals surface area contributed by atoms with Crippen molar-refractivity contribution in [3.8, 4) is 0 Å². The van der Waals surface area contributed by atoms with Gasteiger partial charge in [0.1, 0.15) is 0 Å². The summed E-state index contributed by atoms with van der Waals surface area (Å²) in [6, 6.07) is 5.31. The molecular formula is C15H23N3O2. The van der Waals surface area contributed by atoms with E-state index in [0.29, 0.717) is 0 Å². The third kappa shape index (κ3) is 4.35. The van der Waals surface area contributed by atoms with Crippen LogP contribution in [0.15, 0.2) is 18.2 Å². The molecule has 5 nitrogen and oxygen atoms in total. The average Bonchev–Trinajstić information content (AvgIpc) is 2.40. The fraction of sp³-hybridized carbons (Fsp3) is 0.467. The molecule has 0 saturated carbocycles. The molecule has 110 valence electrons. The number of nitrogens with one attached hydrogen (secondary N) is 3. The van der Waals surface area contributed by atoms with Gasteiger partial charge in [-0.3, -0.25) is 15.4 Å². The van der Waals surface area contributed by atoms with E-state index in [1.165, 1.54) is 18.2 Å². The first kappa shape index (κ1) is 16.2. The number of imide groups is 1. The van der Waals surface area contributed by atoms with E-state index in [-0.39, 0.29) is 11.9 Å². The van der Waals surface area contributed by atoms with E-state index in [1.807, 2.05) is 20.8 Å². The predicted octanol–water partition coefficient (Wildman–Crippen LogP) is 1.80. The van der Waals surface area contributed by atoms with E-state index in [4.69, 9.17) is 0 Å². The molecule has 0 aliphatic carbocycles. The highest BCUT2D eigenvalue weighted by Gasteiger charge is 2.18. The van der Waals surface area contributed by atoms with Crippen LogP contribution in [0.4, 0.5) is 4.79 Å². The lowest BCUT2D eigenvalue weighted by atomic mass is 9.99. The van der Waals surface area contributed by atoms with Crippen LogP contribution in [-0.4, -0.2) is 25.0 Å². The largest absolute Gasteiger partial charge is 0.341 e. The summed E-state index contributed by atoms with van der Waals surface area (Å²) in [7, 11) is 1.47. The fourth-order valence-corrected chi connectivity index (χ4v) is 2.05. The highest BCUT2D eigenvalue weighted by Crippen LogP contribution is 2.19. The Kier molecular flexibility index (Phi) is 5.70. The molecule has 0 spiro atoms. The van der Waals surface area contributed by atoms with Crippen LogP contribution in [0.1, 0.15) is 36.6 Å². The van der Waals surface area contributed by atoms with Crippen molar-refractivity contribution >= 4 is 11.9 Å². The summed E-state index contributed by atoms with van der Waals surface area (Å²) in [6.45, 7) is 7.82. The van der Waals surface area contributed by atoms with E-state index in [0.717, 1.165) is 5.56 Å². The molecule has 0 heterocycles. The van der Waals surface area contributed by atoms with Crippen LogP contribution < -0.4 is 16.0 Å². The number of aryl methyl sites for hydroxylation is 2. The van der Waals surface area contributed by atoms with Crippen molar-refractivity contribution in [2.75, 3.05) is 7.05 Å². The van der Waals surface area contributed by atoms with Crippen molar-refractivity contribution in [3.63, 3.8) is 0 Å². The van der Waals surface area contributed by atoms with Crippen LogP contribution in [0.25, 0.3) is 0 Å². The summed E-state index contributed by atoms with van der Waals surface area (Å²) >= 11 is 0. The number of hydrogen-bond donors (Lipinski definition) is 3. The van der Waals surface area contributed by atoms with Crippen molar-refractivity contribution in [1.82, 2.24) is 16.0 Å². The topological polar surface area (TPSA) is 70.2 Å². The molecule has 0 aliphatic heterocycles. The highest BCUT2D eigenvalue weighted by molar-refractivity contribution is 5.96. The Balaban J connectivity index is 2.70. The van der Waals surface area contributed by atoms with Gasteiger partial charge in [0.25, 0.3) is 0 Å². The smallest absolute Gasteiger partial charge is 0.321 e. The lowest BCUT2D eigenvalue weighted by Crippen LogP contribution is -2.47. The second-order valence-corrected chi connectivity index (χ2v) is 5.04. The van der Waals surface area contributed by atoms with Gasteiger partial charge in [0.05, 0.1) is 6.04 Å². The van der Waals surface area contributed by atoms with Gasteiger partial charge in [0.15, 0.2) is 0 Å². The Morgan fingerprint density at radius 2 is 1.80 bits per heavy atom. The van der Waals surface area contributed by atoms with Gasteiger partial charge in [-0.1, -0.05) is 23.8 Å². The molecule has 0 fully saturated rings. The first-order valence-electron chi connectivity index (χ1n) is 6.71. The van der Waals surface area contributed by atoms with Gasteiger partial charge in [-0.25, -0.2) is 4.79 Å². The summed E-state index contributed by atoms with van der Waals surface area (Å²) in [6.07, 6.45) is 0. The lowest BCUT2D eigenvalue weighted by molar-refractivity contribution is -0.121. The first-order chi connectivity index (χ1) is 9.35. The Morgan fingerprint density at radius 1 is 1.15 bits per heavy atom. The van der Waals surface area contributed by atoms with Crippen molar-refractivity contribution < 1.29 is 9.59 Å². The van der Waals surface area contributed by atoms with Crippen LogP contribution in [0.5, 0.6) is 0 Å². The molecule has 1 rings (SSSR count). The SMILES string of the molecule is CNC(=O)NC(=O)[C@@H](C)N[C@H](C)c1cc(C)ccc1C. The zero-order valence-electron chi connectivity index (χ0n) is 12.7. The molecule has 0 unspecified atom stereocenters. The maximum Gasteiger partial charge on any atom is 0.321 e. The van der Waals surface area contributed by atoms with Gasteiger partial charge in [-0.05, 0) is 38.8 Å². The number of rotatable bonds is 4. The molecule has 0 aromatic heterocycles. The third-order valence-electron chi connectivity index (χ3n) is 3.26. The Hall–Kier alpha value is -1.88. The van der Waals surface area contributed by atoms with Crippen LogP contribution in [0.3, 0.4) is 0 Å². The second kappa shape index (κ2) is 7.05. The highest BCUT2D eigenvalue weighted by atomic mass is 16.2. The molecule has 2 atom stereocenters. The van der Waals surface area contributed by atoms with Crippen molar-refractivity contribution in [2.24, 2.45) is 0 Å². The maximum atomic E-state index is 11.8. The number of benzene rings is 1. The summed E-state index contributed by atoms with van der Waals surface area (Å²) in [5.41, 5.74) is 3.51. The van der Waals surface area contributed by atoms with E-state index in [2.05, 4.69) is 34.1 Å². The number of amides is 3. The van der Waals surface area contributed by atoms with Gasteiger partial charge < -0.3 is 5.32 Å². The van der Waals surface area contributed by atoms with E-state index >= 15 is 0 Å². The first-order valence-corrected chi connectivity index (χ1v) is 6.71. The molecule has 3 amide bonds. The van der Waals surface area contributed by atoms with Crippen molar-refractivity contribution in [1.29, 1.82) is 0 Å². The average molecular weight is 277 g/mol. The Morgan fingerprint density at radius 3 is 2.40 bits per heavy atom. The minimum Gasteiger partial charge on any atom is -0.341 e. The lowest BCUT2D eigenvalue weighted by Gasteiger charge is -2.21. The molecule has 0 saturated heterocycles. The van der Waals surface area contributed by atoms with Crippen LogP contribution in [-0.2, 0) is 4.79 Å². The number of urea groups is 1. The molecular weight excluding hydrogens is 254 g/mol. The fourth-order valence-electron chi connectivity index (χ4n) is 2.05. The van der Waals surface area contributed by atoms with E-state index in [1.54, 1.807) is 6.92 Å². The van der Waals surface area contributed by atoms with Crippen LogP contribution in [0, 0.1) is 13.8 Å². The van der Waals surface area contributed by atoms with Crippen molar-refractivity contribution in [2.45, 2.75) is 39.8 Å². The molecule has 0 radical (unpaired) electrons. The minimum absolute atomic E-state index is 0.0281. The standard InChI is InChI=1S/C15H23N3O2/c1-9-6-7-10(2)13(8-9)11(3)17-12(4)14(19)18-15(20)16-5/h6-8,11-12,17H,1-5H3,(H2,16,18,19,20)/t11-,12-/m1/s1. The summed E-state index contributed by atoms with van der Waals surface area (Å²) in [5, 5.41) is 7.82. The predicted molar refractivity (Wildman–Crippen MR) is 79.5 cm³/mol. The third-order valence-corrected chi connectivity index (χ3v) is 3.26. The van der Waals surface area contributed by atoms with Gasteiger partial charge in [-0.2, -0.15) is 0 Å². The van der Waals surface area contributed by atoms with Gasteiger partial charge in [0.2, 0.25) is 5.91 Å². The molecule has 1 aromatic rings. The molecule has 0 bridgehead atoms. The second-order valence-electron chi connectivity index (χ2n) is 5.04. The molecule has 5 heteroatoms. The summed E-state index contributed by atoms with van der Waals surface area (Å²) < 4.78 is 0. The zero-order chi connectivity index (χ0) is 15.3. The summed E-state index contributed by atoms with van der Waals surface area (Å²) in [5.74, 6) is -0.346. The monoisotopic (exact) mass is 277 g/mol.